The first-order valence-corrected chi connectivity index (χ1v) is 8.79. The fourth-order valence-corrected chi connectivity index (χ4v) is 2.86. The molecule has 0 aromatic heterocycles. The maximum atomic E-state index is 13.1. The van der Waals surface area contributed by atoms with Gasteiger partial charge in [-0.05, 0) is 47.0 Å². The minimum absolute atomic E-state index is 0.0128. The molecule has 0 aliphatic heterocycles. The van der Waals surface area contributed by atoms with Gasteiger partial charge in [0.2, 0.25) is 0 Å². The van der Waals surface area contributed by atoms with Crippen molar-refractivity contribution in [3.63, 3.8) is 0 Å². The summed E-state index contributed by atoms with van der Waals surface area (Å²) in [4.78, 5) is 11.6. The standard InChI is InChI=1S/C22H14F6O3/c23-21(24,25)16-8-15(9-17(11-16)22(26,27)28)14-6-7-19(18(10-14)20(29)30)31-12-13-4-2-1-3-5-13/h1-11H,12H2,(H,29,30). The minimum atomic E-state index is -5.01. The molecule has 162 valence electrons. The van der Waals surface area contributed by atoms with Gasteiger partial charge in [0.05, 0.1) is 11.1 Å². The Hall–Kier alpha value is -3.49. The number of ether oxygens (including phenoxy) is 1. The number of hydrogen-bond donors (Lipinski definition) is 1. The fourth-order valence-electron chi connectivity index (χ4n) is 2.86. The molecule has 0 fully saturated rings. The van der Waals surface area contributed by atoms with Crippen LogP contribution in [0.3, 0.4) is 0 Å². The second kappa shape index (κ2) is 8.33. The van der Waals surface area contributed by atoms with Gasteiger partial charge in [0.15, 0.2) is 0 Å². The van der Waals surface area contributed by atoms with E-state index in [-0.39, 0.29) is 29.5 Å². The molecule has 0 saturated heterocycles. The lowest BCUT2D eigenvalue weighted by atomic mass is 9.97. The van der Waals surface area contributed by atoms with E-state index in [9.17, 15) is 36.2 Å². The van der Waals surface area contributed by atoms with Crippen molar-refractivity contribution in [1.82, 2.24) is 0 Å². The molecule has 0 aliphatic carbocycles. The van der Waals surface area contributed by atoms with Crippen LogP contribution in [0.5, 0.6) is 5.75 Å². The van der Waals surface area contributed by atoms with Gasteiger partial charge in [0, 0.05) is 0 Å². The number of carbonyl (C=O) groups is 1. The van der Waals surface area contributed by atoms with E-state index in [4.69, 9.17) is 4.74 Å². The van der Waals surface area contributed by atoms with Crippen LogP contribution in [0.4, 0.5) is 26.3 Å². The molecule has 0 spiro atoms. The number of alkyl halides is 6. The summed E-state index contributed by atoms with van der Waals surface area (Å²) >= 11 is 0. The van der Waals surface area contributed by atoms with Crippen molar-refractivity contribution in [3.8, 4) is 16.9 Å². The molecular weight excluding hydrogens is 426 g/mol. The monoisotopic (exact) mass is 440 g/mol. The molecule has 0 radical (unpaired) electrons. The van der Waals surface area contributed by atoms with E-state index in [1.54, 1.807) is 30.3 Å². The predicted molar refractivity (Wildman–Crippen MR) is 99.6 cm³/mol. The second-order valence-electron chi connectivity index (χ2n) is 6.58. The van der Waals surface area contributed by atoms with Gasteiger partial charge < -0.3 is 9.84 Å². The largest absolute Gasteiger partial charge is 0.488 e. The van der Waals surface area contributed by atoms with Gasteiger partial charge in [-0.2, -0.15) is 26.3 Å². The first-order valence-electron chi connectivity index (χ1n) is 8.79. The van der Waals surface area contributed by atoms with Crippen LogP contribution in [0.2, 0.25) is 0 Å². The molecule has 0 atom stereocenters. The van der Waals surface area contributed by atoms with E-state index in [2.05, 4.69) is 0 Å². The molecule has 31 heavy (non-hydrogen) atoms. The summed E-state index contributed by atoms with van der Waals surface area (Å²) in [7, 11) is 0. The maximum Gasteiger partial charge on any atom is 0.416 e. The third-order valence-corrected chi connectivity index (χ3v) is 4.37. The predicted octanol–water partition coefficient (Wildman–Crippen LogP) is 6.67. The summed E-state index contributed by atoms with van der Waals surface area (Å²) in [5.41, 5.74) is -3.16. The summed E-state index contributed by atoms with van der Waals surface area (Å²) in [5, 5.41) is 9.46. The van der Waals surface area contributed by atoms with Gasteiger partial charge in [-0.15, -0.1) is 0 Å². The zero-order valence-electron chi connectivity index (χ0n) is 15.6. The zero-order valence-corrected chi connectivity index (χ0v) is 15.6. The minimum Gasteiger partial charge on any atom is -0.488 e. The van der Waals surface area contributed by atoms with Crippen molar-refractivity contribution < 1.29 is 41.0 Å². The first-order chi connectivity index (χ1) is 14.4. The fraction of sp³-hybridized carbons (Fsp3) is 0.136. The van der Waals surface area contributed by atoms with Crippen LogP contribution in [-0.4, -0.2) is 11.1 Å². The maximum absolute atomic E-state index is 13.1. The highest BCUT2D eigenvalue weighted by atomic mass is 19.4. The molecule has 9 heteroatoms. The molecule has 1 N–H and O–H groups in total. The topological polar surface area (TPSA) is 46.5 Å². The SMILES string of the molecule is O=C(O)c1cc(-c2cc(C(F)(F)F)cc(C(F)(F)F)c2)ccc1OCc1ccccc1. The van der Waals surface area contributed by atoms with Gasteiger partial charge in [-0.1, -0.05) is 36.4 Å². The molecule has 3 aromatic rings. The number of benzene rings is 3. The Morgan fingerprint density at radius 1 is 0.774 bits per heavy atom. The lowest BCUT2D eigenvalue weighted by Gasteiger charge is -2.15. The van der Waals surface area contributed by atoms with Gasteiger partial charge >= 0.3 is 18.3 Å². The van der Waals surface area contributed by atoms with E-state index in [1.807, 2.05) is 0 Å². The third-order valence-electron chi connectivity index (χ3n) is 4.37. The summed E-state index contributed by atoms with van der Waals surface area (Å²) in [6, 6.07) is 13.3. The van der Waals surface area contributed by atoms with Crippen molar-refractivity contribution in [3.05, 3.63) is 89.0 Å². The van der Waals surface area contributed by atoms with Crippen molar-refractivity contribution in [2.45, 2.75) is 19.0 Å². The molecule has 3 aromatic carbocycles. The average Bonchev–Trinajstić information content (AvgIpc) is 2.71. The van der Waals surface area contributed by atoms with Crippen LogP contribution in [0.1, 0.15) is 27.0 Å². The molecular formula is C22H14F6O3. The quantitative estimate of drug-likeness (QED) is 0.451. The van der Waals surface area contributed by atoms with Crippen LogP contribution in [0.15, 0.2) is 66.7 Å². The van der Waals surface area contributed by atoms with Gasteiger partial charge in [0.1, 0.15) is 17.9 Å². The number of carboxylic acids is 1. The van der Waals surface area contributed by atoms with Crippen LogP contribution in [0, 0.1) is 0 Å². The molecule has 0 heterocycles. The molecule has 0 bridgehead atoms. The van der Waals surface area contributed by atoms with Crippen molar-refractivity contribution >= 4 is 5.97 Å². The van der Waals surface area contributed by atoms with E-state index >= 15 is 0 Å². The smallest absolute Gasteiger partial charge is 0.416 e. The van der Waals surface area contributed by atoms with Gasteiger partial charge in [-0.3, -0.25) is 0 Å². The van der Waals surface area contributed by atoms with E-state index in [0.717, 1.165) is 11.6 Å². The van der Waals surface area contributed by atoms with Crippen LogP contribution < -0.4 is 4.74 Å². The Balaban J connectivity index is 2.03. The van der Waals surface area contributed by atoms with Crippen LogP contribution >= 0.6 is 0 Å². The third kappa shape index (κ3) is 5.36. The average molecular weight is 440 g/mol. The number of hydrogen-bond acceptors (Lipinski definition) is 2. The molecule has 3 rings (SSSR count). The summed E-state index contributed by atoms with van der Waals surface area (Å²) in [6.45, 7) is 0.0300. The number of carboxylic acid groups (broad SMARTS) is 1. The number of halogens is 6. The van der Waals surface area contributed by atoms with Crippen LogP contribution in [-0.2, 0) is 19.0 Å². The Labute approximate surface area is 172 Å². The van der Waals surface area contributed by atoms with Gasteiger partial charge in [-0.25, -0.2) is 4.79 Å². The summed E-state index contributed by atoms with van der Waals surface area (Å²) in [6.07, 6.45) is -10.0. The number of aromatic carboxylic acids is 1. The Kier molecular flexibility index (Phi) is 5.97. The molecule has 0 saturated carbocycles. The molecule has 0 amide bonds. The summed E-state index contributed by atoms with van der Waals surface area (Å²) in [5.74, 6) is -1.50. The lowest BCUT2D eigenvalue weighted by Crippen LogP contribution is -2.11. The molecule has 3 nitrogen and oxygen atoms in total. The molecule has 0 unspecified atom stereocenters. The highest BCUT2D eigenvalue weighted by Crippen LogP contribution is 2.39. The first kappa shape index (κ1) is 22.2. The Bertz CT molecular complexity index is 1060. The highest BCUT2D eigenvalue weighted by molar-refractivity contribution is 5.92. The van der Waals surface area contributed by atoms with E-state index in [1.165, 1.54) is 12.1 Å². The second-order valence-corrected chi connectivity index (χ2v) is 6.58. The Morgan fingerprint density at radius 3 is 1.87 bits per heavy atom. The lowest BCUT2D eigenvalue weighted by molar-refractivity contribution is -0.143. The molecule has 0 aliphatic rings. The van der Waals surface area contributed by atoms with Crippen molar-refractivity contribution in [2.75, 3.05) is 0 Å². The van der Waals surface area contributed by atoms with E-state index in [0.29, 0.717) is 12.1 Å². The summed E-state index contributed by atoms with van der Waals surface area (Å²) < 4.78 is 84.1. The van der Waals surface area contributed by atoms with Crippen molar-refractivity contribution in [2.24, 2.45) is 0 Å². The van der Waals surface area contributed by atoms with Crippen LogP contribution in [0.25, 0.3) is 11.1 Å². The highest BCUT2D eigenvalue weighted by Gasteiger charge is 2.37. The number of rotatable bonds is 5. The Morgan fingerprint density at radius 2 is 1.35 bits per heavy atom. The zero-order chi connectivity index (χ0) is 22.8. The van der Waals surface area contributed by atoms with Gasteiger partial charge in [0.25, 0.3) is 0 Å². The normalized spacial score (nSPS) is 11.9. The van der Waals surface area contributed by atoms with E-state index < -0.39 is 35.0 Å². The van der Waals surface area contributed by atoms with Crippen molar-refractivity contribution in [1.29, 1.82) is 0 Å².